The zero-order valence-corrected chi connectivity index (χ0v) is 19.2. The van der Waals surface area contributed by atoms with Crippen LogP contribution >= 0.6 is 0 Å². The first-order chi connectivity index (χ1) is 15.7. The first-order valence-corrected chi connectivity index (χ1v) is 12.8. The van der Waals surface area contributed by atoms with Crippen LogP contribution in [0.1, 0.15) is 11.1 Å². The number of nitrogens with zero attached hydrogens (tertiary/aromatic N) is 1. The molecule has 0 saturated heterocycles. The Balaban J connectivity index is 1.43. The third-order valence-electron chi connectivity index (χ3n) is 4.81. The Morgan fingerprint density at radius 3 is 2.09 bits per heavy atom. The van der Waals surface area contributed by atoms with Gasteiger partial charge in [0.15, 0.2) is 0 Å². The highest BCUT2D eigenvalue weighted by Crippen LogP contribution is 2.23. The minimum absolute atomic E-state index is 0.0531. The van der Waals surface area contributed by atoms with Crippen molar-refractivity contribution in [2.24, 2.45) is 5.10 Å². The van der Waals surface area contributed by atoms with Crippen LogP contribution in [0, 0.1) is 6.92 Å². The van der Waals surface area contributed by atoms with Gasteiger partial charge in [0.2, 0.25) is 0 Å². The fraction of sp³-hybridized carbons (Fsp3) is 0.0417. The summed E-state index contributed by atoms with van der Waals surface area (Å²) in [6.07, 6.45) is 1.31. The summed E-state index contributed by atoms with van der Waals surface area (Å²) < 4.78 is 55.0. The van der Waals surface area contributed by atoms with Crippen LogP contribution in [-0.4, -0.2) is 23.1 Å². The van der Waals surface area contributed by atoms with Gasteiger partial charge in [-0.25, -0.2) is 4.83 Å². The zero-order valence-electron chi connectivity index (χ0n) is 17.5. The second-order valence-electron chi connectivity index (χ2n) is 7.28. The maximum Gasteiger partial charge on any atom is 0.339 e. The van der Waals surface area contributed by atoms with Gasteiger partial charge in [0.1, 0.15) is 10.6 Å². The first-order valence-electron chi connectivity index (χ1n) is 9.88. The van der Waals surface area contributed by atoms with Gasteiger partial charge in [-0.2, -0.15) is 21.9 Å². The molecule has 4 rings (SSSR count). The van der Waals surface area contributed by atoms with E-state index in [1.807, 2.05) is 31.2 Å². The smallest absolute Gasteiger partial charge is 0.339 e. The van der Waals surface area contributed by atoms with Crippen molar-refractivity contribution in [2.45, 2.75) is 16.7 Å². The second kappa shape index (κ2) is 9.05. The Hall–Kier alpha value is -3.69. The third kappa shape index (κ3) is 5.39. The van der Waals surface area contributed by atoms with Gasteiger partial charge in [0.25, 0.3) is 10.0 Å². The van der Waals surface area contributed by atoms with E-state index in [1.54, 1.807) is 36.4 Å². The third-order valence-corrected chi connectivity index (χ3v) is 7.30. The number of rotatable bonds is 7. The van der Waals surface area contributed by atoms with Crippen LogP contribution < -0.4 is 9.01 Å². The maximum absolute atomic E-state index is 12.6. The van der Waals surface area contributed by atoms with Gasteiger partial charge in [-0.1, -0.05) is 48.0 Å². The van der Waals surface area contributed by atoms with Gasteiger partial charge < -0.3 is 4.18 Å². The van der Waals surface area contributed by atoms with E-state index in [4.69, 9.17) is 4.18 Å². The van der Waals surface area contributed by atoms with Crippen LogP contribution in [-0.2, 0) is 20.1 Å². The van der Waals surface area contributed by atoms with Crippen LogP contribution in [0.5, 0.6) is 5.75 Å². The molecule has 0 unspecified atom stereocenters. The average molecular weight is 481 g/mol. The largest absolute Gasteiger partial charge is 0.379 e. The minimum Gasteiger partial charge on any atom is -0.379 e. The van der Waals surface area contributed by atoms with Crippen LogP contribution in [0.25, 0.3) is 10.8 Å². The molecule has 0 saturated carbocycles. The van der Waals surface area contributed by atoms with Crippen molar-refractivity contribution in [3.8, 4) is 5.75 Å². The molecular weight excluding hydrogens is 460 g/mol. The standard InChI is InChI=1S/C24H20N2O5S2/c1-18-6-13-23(14-7-18)32(27,28)26-25-17-19-8-11-22(12-9-19)31-33(29,30)24-15-10-20-4-2-3-5-21(20)16-24/h2-17,26H,1H3/b25-17+. The fourth-order valence-electron chi connectivity index (χ4n) is 3.05. The average Bonchev–Trinajstić information content (AvgIpc) is 2.80. The highest BCUT2D eigenvalue weighted by Gasteiger charge is 2.17. The van der Waals surface area contributed by atoms with E-state index in [0.29, 0.717) is 5.56 Å². The highest BCUT2D eigenvalue weighted by molar-refractivity contribution is 7.89. The van der Waals surface area contributed by atoms with Crippen molar-refractivity contribution in [2.75, 3.05) is 0 Å². The summed E-state index contributed by atoms with van der Waals surface area (Å²) in [5.74, 6) is 0.126. The van der Waals surface area contributed by atoms with Gasteiger partial charge in [-0.05, 0) is 71.8 Å². The second-order valence-corrected chi connectivity index (χ2v) is 10.5. The van der Waals surface area contributed by atoms with Gasteiger partial charge in [-0.3, -0.25) is 0 Å². The summed E-state index contributed by atoms with van der Waals surface area (Å²) in [4.78, 5) is 2.30. The molecule has 0 amide bonds. The lowest BCUT2D eigenvalue weighted by Gasteiger charge is -2.08. The number of hydrazone groups is 1. The normalized spacial score (nSPS) is 12.2. The number of hydrogen-bond donors (Lipinski definition) is 1. The molecule has 4 aromatic carbocycles. The molecule has 0 aliphatic rings. The van der Waals surface area contributed by atoms with E-state index in [-0.39, 0.29) is 15.5 Å². The zero-order chi connectivity index (χ0) is 23.5. The van der Waals surface area contributed by atoms with Crippen molar-refractivity contribution in [1.82, 2.24) is 4.83 Å². The molecule has 1 N–H and O–H groups in total. The van der Waals surface area contributed by atoms with E-state index in [2.05, 4.69) is 9.93 Å². The van der Waals surface area contributed by atoms with Gasteiger partial charge in [-0.15, -0.1) is 0 Å². The van der Waals surface area contributed by atoms with Crippen molar-refractivity contribution in [1.29, 1.82) is 0 Å². The SMILES string of the molecule is Cc1ccc(S(=O)(=O)N/N=C/c2ccc(OS(=O)(=O)c3ccc4ccccc4c3)cc2)cc1. The number of aryl methyl sites for hydroxylation is 1. The number of hydrogen-bond acceptors (Lipinski definition) is 6. The van der Waals surface area contributed by atoms with Gasteiger partial charge >= 0.3 is 10.1 Å². The van der Waals surface area contributed by atoms with Crippen LogP contribution in [0.2, 0.25) is 0 Å². The topological polar surface area (TPSA) is 102 Å². The van der Waals surface area contributed by atoms with Gasteiger partial charge in [0.05, 0.1) is 11.1 Å². The van der Waals surface area contributed by atoms with Crippen molar-refractivity contribution >= 4 is 37.1 Å². The minimum atomic E-state index is -4.01. The van der Waals surface area contributed by atoms with Crippen molar-refractivity contribution < 1.29 is 21.0 Å². The summed E-state index contributed by atoms with van der Waals surface area (Å²) in [6.45, 7) is 1.86. The predicted molar refractivity (Wildman–Crippen MR) is 127 cm³/mol. The molecule has 4 aromatic rings. The van der Waals surface area contributed by atoms with E-state index < -0.39 is 20.1 Å². The molecule has 0 bridgehead atoms. The number of nitrogens with one attached hydrogen (secondary N) is 1. The summed E-state index contributed by atoms with van der Waals surface area (Å²) in [5, 5.41) is 5.49. The van der Waals surface area contributed by atoms with Crippen LogP contribution in [0.3, 0.4) is 0 Å². The molecule has 9 heteroatoms. The highest BCUT2D eigenvalue weighted by atomic mass is 32.2. The Morgan fingerprint density at radius 2 is 1.39 bits per heavy atom. The Morgan fingerprint density at radius 1 is 0.758 bits per heavy atom. The van der Waals surface area contributed by atoms with E-state index >= 15 is 0 Å². The Labute approximate surface area is 192 Å². The van der Waals surface area contributed by atoms with Crippen LogP contribution in [0.4, 0.5) is 0 Å². The lowest BCUT2D eigenvalue weighted by molar-refractivity contribution is 0.486. The van der Waals surface area contributed by atoms with E-state index in [0.717, 1.165) is 16.3 Å². The predicted octanol–water partition coefficient (Wildman–Crippen LogP) is 4.23. The molecule has 0 spiro atoms. The molecule has 0 atom stereocenters. The Bertz CT molecular complexity index is 1530. The summed E-state index contributed by atoms with van der Waals surface area (Å²) in [7, 11) is -7.79. The molecule has 7 nitrogen and oxygen atoms in total. The van der Waals surface area contributed by atoms with E-state index in [9.17, 15) is 16.8 Å². The molecule has 33 heavy (non-hydrogen) atoms. The summed E-state index contributed by atoms with van der Waals surface area (Å²) in [6, 6.07) is 24.7. The van der Waals surface area contributed by atoms with Gasteiger partial charge in [0, 0.05) is 0 Å². The Kier molecular flexibility index (Phi) is 6.17. The summed E-state index contributed by atoms with van der Waals surface area (Å²) >= 11 is 0. The van der Waals surface area contributed by atoms with Crippen molar-refractivity contribution in [3.05, 3.63) is 102 Å². The summed E-state index contributed by atoms with van der Waals surface area (Å²) in [5.41, 5.74) is 1.50. The molecule has 0 heterocycles. The van der Waals surface area contributed by atoms with Crippen molar-refractivity contribution in [3.63, 3.8) is 0 Å². The lowest BCUT2D eigenvalue weighted by atomic mass is 10.1. The molecule has 0 radical (unpaired) electrons. The molecule has 0 fully saturated rings. The molecule has 0 aromatic heterocycles. The monoisotopic (exact) mass is 480 g/mol. The molecule has 0 aliphatic carbocycles. The molecule has 0 aliphatic heterocycles. The van der Waals surface area contributed by atoms with E-state index in [1.165, 1.54) is 36.5 Å². The number of fused-ring (bicyclic) bond motifs is 1. The number of benzene rings is 4. The number of sulfonamides is 1. The molecular formula is C24H20N2O5S2. The molecule has 168 valence electrons. The lowest BCUT2D eigenvalue weighted by Crippen LogP contribution is -2.18. The quantitative estimate of drug-likeness (QED) is 0.242. The maximum atomic E-state index is 12.6. The first kappa shape index (κ1) is 22.5. The fourth-order valence-corrected chi connectivity index (χ4v) is 4.81. The van der Waals surface area contributed by atoms with Crippen LogP contribution in [0.15, 0.2) is 106 Å².